The summed E-state index contributed by atoms with van der Waals surface area (Å²) in [6, 6.07) is 15.5. The molecule has 4 nitrogen and oxygen atoms in total. The van der Waals surface area contributed by atoms with E-state index >= 15 is 0 Å². The second kappa shape index (κ2) is 10.3. The first-order valence-electron chi connectivity index (χ1n) is 7.56. The fourth-order valence-electron chi connectivity index (χ4n) is 2.01. The van der Waals surface area contributed by atoms with Gasteiger partial charge in [0.05, 0.1) is 4.47 Å². The molecule has 0 bridgehead atoms. The van der Waals surface area contributed by atoms with Crippen LogP contribution in [0.2, 0.25) is 0 Å². The number of carbonyl (C=O) groups excluding carboxylic acids is 1. The van der Waals surface area contributed by atoms with Crippen LogP contribution in [0, 0.1) is 0 Å². The van der Waals surface area contributed by atoms with Crippen molar-refractivity contribution in [1.29, 1.82) is 0 Å². The third-order valence-electron chi connectivity index (χ3n) is 3.28. The molecule has 2 aromatic carbocycles. The molecule has 0 aromatic heterocycles. The topological polar surface area (TPSA) is 64.4 Å². The van der Waals surface area contributed by atoms with E-state index in [1.54, 1.807) is 0 Å². The number of benzene rings is 2. The minimum Gasteiger partial charge on any atom is -0.488 e. The molecule has 1 atom stereocenters. The quantitative estimate of drug-likeness (QED) is 0.701. The van der Waals surface area contributed by atoms with Crippen molar-refractivity contribution in [3.05, 3.63) is 58.6 Å². The van der Waals surface area contributed by atoms with Gasteiger partial charge in [-0.15, -0.1) is 12.4 Å². The Balaban J connectivity index is 0.00000288. The van der Waals surface area contributed by atoms with Crippen molar-refractivity contribution in [1.82, 2.24) is 0 Å². The summed E-state index contributed by atoms with van der Waals surface area (Å²) in [7, 11) is 0. The van der Waals surface area contributed by atoms with Gasteiger partial charge >= 0.3 is 0 Å². The van der Waals surface area contributed by atoms with Gasteiger partial charge in [0.2, 0.25) is 5.91 Å². The molecule has 1 unspecified atom stereocenters. The number of carbonyl (C=O) groups is 1. The maximum atomic E-state index is 11.8. The van der Waals surface area contributed by atoms with Crippen LogP contribution in [0.3, 0.4) is 0 Å². The molecule has 130 valence electrons. The van der Waals surface area contributed by atoms with E-state index in [0.29, 0.717) is 19.4 Å². The number of nitrogens with one attached hydrogen (secondary N) is 1. The van der Waals surface area contributed by atoms with Crippen LogP contribution < -0.4 is 15.8 Å². The molecule has 0 spiro atoms. The highest BCUT2D eigenvalue weighted by molar-refractivity contribution is 9.10. The predicted octanol–water partition coefficient (Wildman–Crippen LogP) is 4.52. The Morgan fingerprint density at radius 2 is 1.96 bits per heavy atom. The molecular weight excluding hydrogens is 392 g/mol. The molecule has 0 radical (unpaired) electrons. The van der Waals surface area contributed by atoms with E-state index in [2.05, 4.69) is 21.2 Å². The smallest absolute Gasteiger partial charge is 0.224 e. The predicted molar refractivity (Wildman–Crippen MR) is 104 cm³/mol. The van der Waals surface area contributed by atoms with Crippen molar-refractivity contribution in [3.8, 4) is 5.75 Å². The lowest BCUT2D eigenvalue weighted by Gasteiger charge is -2.11. The lowest BCUT2D eigenvalue weighted by molar-refractivity contribution is -0.116. The number of anilines is 1. The van der Waals surface area contributed by atoms with Gasteiger partial charge in [-0.3, -0.25) is 4.79 Å². The van der Waals surface area contributed by atoms with Gasteiger partial charge in [0.25, 0.3) is 0 Å². The third-order valence-corrected chi connectivity index (χ3v) is 3.90. The number of rotatable bonds is 7. The molecule has 6 heteroatoms. The van der Waals surface area contributed by atoms with Gasteiger partial charge in [-0.2, -0.15) is 0 Å². The van der Waals surface area contributed by atoms with Crippen molar-refractivity contribution in [2.24, 2.45) is 5.73 Å². The molecular formula is C18H22BrClN2O2. The van der Waals surface area contributed by atoms with Crippen LogP contribution in [0.25, 0.3) is 0 Å². The maximum Gasteiger partial charge on any atom is 0.224 e. The van der Waals surface area contributed by atoms with Crippen LogP contribution in [-0.4, -0.2) is 11.9 Å². The summed E-state index contributed by atoms with van der Waals surface area (Å²) in [5, 5.41) is 2.86. The Hall–Kier alpha value is -1.56. The lowest BCUT2D eigenvalue weighted by Crippen LogP contribution is -2.19. The molecule has 1 amide bonds. The van der Waals surface area contributed by atoms with Gasteiger partial charge in [-0.25, -0.2) is 0 Å². The summed E-state index contributed by atoms with van der Waals surface area (Å²) in [6.07, 6.45) is 1.09. The van der Waals surface area contributed by atoms with Crippen LogP contribution >= 0.6 is 28.3 Å². The molecule has 0 fully saturated rings. The van der Waals surface area contributed by atoms with E-state index in [9.17, 15) is 4.79 Å². The van der Waals surface area contributed by atoms with Crippen LogP contribution in [0.1, 0.15) is 25.3 Å². The van der Waals surface area contributed by atoms with Gasteiger partial charge in [-0.1, -0.05) is 30.3 Å². The summed E-state index contributed by atoms with van der Waals surface area (Å²) in [4.78, 5) is 11.8. The highest BCUT2D eigenvalue weighted by Gasteiger charge is 2.07. The molecule has 0 aliphatic rings. The molecule has 0 heterocycles. The van der Waals surface area contributed by atoms with E-state index in [0.717, 1.165) is 21.5 Å². The molecule has 2 aromatic rings. The Labute approximate surface area is 157 Å². The van der Waals surface area contributed by atoms with Gasteiger partial charge in [-0.05, 0) is 53.0 Å². The summed E-state index contributed by atoms with van der Waals surface area (Å²) in [5.41, 5.74) is 7.49. The Morgan fingerprint density at radius 3 is 2.58 bits per heavy atom. The zero-order valence-corrected chi connectivity index (χ0v) is 15.9. The molecule has 24 heavy (non-hydrogen) atoms. The minimum absolute atomic E-state index is 0. The molecule has 3 N–H and O–H groups in total. The number of halogens is 2. The zero-order valence-electron chi connectivity index (χ0n) is 13.5. The average molecular weight is 414 g/mol. The molecule has 0 saturated carbocycles. The maximum absolute atomic E-state index is 11.8. The number of nitrogens with two attached hydrogens (primary N) is 1. The van der Waals surface area contributed by atoms with Crippen molar-refractivity contribution in [2.45, 2.75) is 32.4 Å². The van der Waals surface area contributed by atoms with Gasteiger partial charge in [0, 0.05) is 18.2 Å². The number of hydrogen-bond acceptors (Lipinski definition) is 3. The summed E-state index contributed by atoms with van der Waals surface area (Å²) >= 11 is 3.48. The summed E-state index contributed by atoms with van der Waals surface area (Å²) < 4.78 is 6.59. The number of hydrogen-bond donors (Lipinski definition) is 2. The Morgan fingerprint density at radius 1 is 1.25 bits per heavy atom. The number of amides is 1. The molecule has 0 aliphatic carbocycles. The zero-order chi connectivity index (χ0) is 16.7. The fourth-order valence-corrected chi connectivity index (χ4v) is 2.51. The van der Waals surface area contributed by atoms with E-state index < -0.39 is 0 Å². The first kappa shape index (κ1) is 20.5. The molecule has 0 saturated heterocycles. The standard InChI is InChI=1S/C18H21BrN2O2.ClH/c1-13(20)7-10-18(22)21-15-8-9-17(16(19)11-15)23-12-14-5-3-2-4-6-14;/h2-6,8-9,11,13H,7,10,12,20H2,1H3,(H,21,22);1H. The van der Waals surface area contributed by atoms with Crippen molar-refractivity contribution in [2.75, 3.05) is 5.32 Å². The van der Waals surface area contributed by atoms with Gasteiger partial charge < -0.3 is 15.8 Å². The first-order valence-corrected chi connectivity index (χ1v) is 8.35. The minimum atomic E-state index is -0.0350. The molecule has 2 rings (SSSR count). The normalized spacial score (nSPS) is 11.3. The Kier molecular flexibility index (Phi) is 8.82. The van der Waals surface area contributed by atoms with E-state index in [1.165, 1.54) is 0 Å². The van der Waals surface area contributed by atoms with Crippen molar-refractivity contribution < 1.29 is 9.53 Å². The molecule has 0 aliphatic heterocycles. The summed E-state index contributed by atoms with van der Waals surface area (Å²) in [5.74, 6) is 0.703. The third kappa shape index (κ3) is 6.91. The van der Waals surface area contributed by atoms with E-state index in [4.69, 9.17) is 10.5 Å². The Bertz CT molecular complexity index is 651. The van der Waals surface area contributed by atoms with Crippen molar-refractivity contribution >= 4 is 39.9 Å². The van der Waals surface area contributed by atoms with E-state index in [-0.39, 0.29) is 24.4 Å². The fraction of sp³-hybridized carbons (Fsp3) is 0.278. The van der Waals surface area contributed by atoms with Crippen LogP contribution in [0.15, 0.2) is 53.0 Å². The van der Waals surface area contributed by atoms with Gasteiger partial charge in [0.15, 0.2) is 0 Å². The SMILES string of the molecule is CC(N)CCC(=O)Nc1ccc(OCc2ccccc2)c(Br)c1.Cl. The van der Waals surface area contributed by atoms with Gasteiger partial charge in [0.1, 0.15) is 12.4 Å². The summed E-state index contributed by atoms with van der Waals surface area (Å²) in [6.45, 7) is 2.39. The first-order chi connectivity index (χ1) is 11.0. The largest absolute Gasteiger partial charge is 0.488 e. The second-order valence-electron chi connectivity index (χ2n) is 5.48. The second-order valence-corrected chi connectivity index (χ2v) is 6.34. The van der Waals surface area contributed by atoms with Crippen LogP contribution in [-0.2, 0) is 11.4 Å². The number of ether oxygens (including phenoxy) is 1. The van der Waals surface area contributed by atoms with Crippen LogP contribution in [0.5, 0.6) is 5.75 Å². The van der Waals surface area contributed by atoms with Crippen LogP contribution in [0.4, 0.5) is 5.69 Å². The highest BCUT2D eigenvalue weighted by atomic mass is 79.9. The highest BCUT2D eigenvalue weighted by Crippen LogP contribution is 2.29. The lowest BCUT2D eigenvalue weighted by atomic mass is 10.2. The van der Waals surface area contributed by atoms with E-state index in [1.807, 2.05) is 55.5 Å². The average Bonchev–Trinajstić information content (AvgIpc) is 2.53. The van der Waals surface area contributed by atoms with Crippen molar-refractivity contribution in [3.63, 3.8) is 0 Å². The monoisotopic (exact) mass is 412 g/mol.